The predicted octanol–water partition coefficient (Wildman–Crippen LogP) is 2.29. The van der Waals surface area contributed by atoms with Gasteiger partial charge in [0.1, 0.15) is 0 Å². The highest BCUT2D eigenvalue weighted by Crippen LogP contribution is 2.20. The summed E-state index contributed by atoms with van der Waals surface area (Å²) in [5, 5.41) is 9.38. The quantitative estimate of drug-likeness (QED) is 0.784. The van der Waals surface area contributed by atoms with Crippen molar-refractivity contribution in [1.29, 1.82) is 5.26 Å². The van der Waals surface area contributed by atoms with Crippen molar-refractivity contribution in [3.05, 3.63) is 64.7 Å². The van der Waals surface area contributed by atoms with E-state index in [1.165, 1.54) is 28.6 Å². The maximum absolute atomic E-state index is 12.7. The molecule has 140 valence electrons. The lowest BCUT2D eigenvalue weighted by Crippen LogP contribution is -2.50. The Bertz CT molecular complexity index is 976. The van der Waals surface area contributed by atoms with Crippen LogP contribution in [0.15, 0.2) is 53.4 Å². The third-order valence-corrected chi connectivity index (χ3v) is 6.79. The van der Waals surface area contributed by atoms with Gasteiger partial charge >= 0.3 is 0 Å². The van der Waals surface area contributed by atoms with Gasteiger partial charge in [0, 0.05) is 31.2 Å². The van der Waals surface area contributed by atoms with E-state index in [-0.39, 0.29) is 30.3 Å². The van der Waals surface area contributed by atoms with Crippen molar-refractivity contribution < 1.29 is 13.2 Å². The van der Waals surface area contributed by atoms with Gasteiger partial charge in [-0.25, -0.2) is 8.42 Å². The molecule has 3 rings (SSSR count). The monoisotopic (exact) mass is 403 g/mol. The summed E-state index contributed by atoms with van der Waals surface area (Å²) in [5.74, 6) is -0.0708. The van der Waals surface area contributed by atoms with Gasteiger partial charge in [-0.05, 0) is 35.9 Å². The lowest BCUT2D eigenvalue weighted by molar-refractivity contribution is -0.131. The SMILES string of the molecule is N#Cc1ccc(S(=O)(=O)N2CCN(C(=O)Cc3ccccc3Cl)CC2)cc1. The first-order valence-corrected chi connectivity index (χ1v) is 10.2. The highest BCUT2D eigenvalue weighted by molar-refractivity contribution is 7.89. The zero-order chi connectivity index (χ0) is 19.4. The first kappa shape index (κ1) is 19.4. The zero-order valence-corrected chi connectivity index (χ0v) is 16.1. The highest BCUT2D eigenvalue weighted by atomic mass is 35.5. The molecule has 2 aromatic rings. The Hall–Kier alpha value is -2.40. The minimum atomic E-state index is -3.64. The average Bonchev–Trinajstić information content (AvgIpc) is 2.70. The number of hydrogen-bond donors (Lipinski definition) is 0. The summed E-state index contributed by atoms with van der Waals surface area (Å²) in [5.41, 5.74) is 1.17. The highest BCUT2D eigenvalue weighted by Gasteiger charge is 2.30. The van der Waals surface area contributed by atoms with Crippen molar-refractivity contribution in [3.8, 4) is 6.07 Å². The van der Waals surface area contributed by atoms with Crippen LogP contribution in [-0.4, -0.2) is 49.7 Å². The average molecular weight is 404 g/mol. The van der Waals surface area contributed by atoms with Gasteiger partial charge in [-0.2, -0.15) is 9.57 Å². The third-order valence-electron chi connectivity index (χ3n) is 4.51. The van der Waals surface area contributed by atoms with Crippen LogP contribution in [0.1, 0.15) is 11.1 Å². The Labute approximate surface area is 163 Å². The van der Waals surface area contributed by atoms with Gasteiger partial charge in [0.05, 0.1) is 22.9 Å². The number of amides is 1. The van der Waals surface area contributed by atoms with Crippen LogP contribution >= 0.6 is 11.6 Å². The number of piperazine rings is 1. The van der Waals surface area contributed by atoms with Gasteiger partial charge in [-0.1, -0.05) is 29.8 Å². The molecule has 0 aromatic heterocycles. The Morgan fingerprint density at radius 3 is 2.26 bits per heavy atom. The van der Waals surface area contributed by atoms with Crippen LogP contribution in [0.2, 0.25) is 5.02 Å². The summed E-state index contributed by atoms with van der Waals surface area (Å²) < 4.78 is 26.8. The van der Waals surface area contributed by atoms with Crippen LogP contribution in [-0.2, 0) is 21.2 Å². The fourth-order valence-electron chi connectivity index (χ4n) is 2.94. The minimum absolute atomic E-state index is 0.0708. The van der Waals surface area contributed by atoms with Gasteiger partial charge in [0.25, 0.3) is 0 Å². The Morgan fingerprint density at radius 1 is 1.04 bits per heavy atom. The van der Waals surface area contributed by atoms with E-state index in [0.29, 0.717) is 23.7 Å². The van der Waals surface area contributed by atoms with Crippen molar-refractivity contribution in [2.75, 3.05) is 26.2 Å². The van der Waals surface area contributed by atoms with Crippen LogP contribution in [0.5, 0.6) is 0 Å². The summed E-state index contributed by atoms with van der Waals surface area (Å²) in [6.45, 7) is 1.13. The number of rotatable bonds is 4. The standard InChI is InChI=1S/C19H18ClN3O3S/c20-18-4-2-1-3-16(18)13-19(24)22-9-11-23(12-10-22)27(25,26)17-7-5-15(14-21)6-8-17/h1-8H,9-13H2. The van der Waals surface area contributed by atoms with Crippen LogP contribution in [0.3, 0.4) is 0 Å². The molecule has 1 aliphatic rings. The number of benzene rings is 2. The number of nitrogens with zero attached hydrogens (tertiary/aromatic N) is 3. The van der Waals surface area contributed by atoms with E-state index in [1.54, 1.807) is 11.0 Å². The number of halogens is 1. The molecule has 6 nitrogen and oxygen atoms in total. The van der Waals surface area contributed by atoms with E-state index < -0.39 is 10.0 Å². The molecule has 0 bridgehead atoms. The molecule has 0 unspecified atom stereocenters. The van der Waals surface area contributed by atoms with Crippen LogP contribution in [0.25, 0.3) is 0 Å². The smallest absolute Gasteiger partial charge is 0.243 e. The second-order valence-electron chi connectivity index (χ2n) is 6.19. The maximum Gasteiger partial charge on any atom is 0.243 e. The molecule has 1 saturated heterocycles. The van der Waals surface area contributed by atoms with Crippen LogP contribution < -0.4 is 0 Å². The number of carbonyl (C=O) groups is 1. The topological polar surface area (TPSA) is 81.5 Å². The summed E-state index contributed by atoms with van der Waals surface area (Å²) in [6.07, 6.45) is 0.196. The lowest BCUT2D eigenvalue weighted by Gasteiger charge is -2.34. The summed E-state index contributed by atoms with van der Waals surface area (Å²) in [4.78, 5) is 14.3. The molecule has 0 saturated carbocycles. The van der Waals surface area contributed by atoms with Crippen LogP contribution in [0, 0.1) is 11.3 Å². The largest absolute Gasteiger partial charge is 0.340 e. The summed E-state index contributed by atoms with van der Waals surface area (Å²) >= 11 is 6.10. The van der Waals surface area contributed by atoms with E-state index in [9.17, 15) is 13.2 Å². The molecule has 1 amide bonds. The third kappa shape index (κ3) is 4.30. The van der Waals surface area contributed by atoms with Gasteiger partial charge in [0.15, 0.2) is 0 Å². The van der Waals surface area contributed by atoms with Gasteiger partial charge in [-0.3, -0.25) is 4.79 Å². The molecular weight excluding hydrogens is 386 g/mol. The lowest BCUT2D eigenvalue weighted by atomic mass is 10.1. The molecule has 1 aliphatic heterocycles. The summed E-state index contributed by atoms with van der Waals surface area (Å²) in [6, 6.07) is 15.0. The van der Waals surface area contributed by atoms with Crippen molar-refractivity contribution in [3.63, 3.8) is 0 Å². The molecule has 2 aromatic carbocycles. The fraction of sp³-hybridized carbons (Fsp3) is 0.263. The molecule has 0 aliphatic carbocycles. The van der Waals surface area contributed by atoms with Crippen molar-refractivity contribution in [2.24, 2.45) is 0 Å². The summed E-state index contributed by atoms with van der Waals surface area (Å²) in [7, 11) is -3.64. The molecule has 0 N–H and O–H groups in total. The van der Waals surface area contributed by atoms with Crippen LogP contribution in [0.4, 0.5) is 0 Å². The first-order chi connectivity index (χ1) is 12.9. The van der Waals surface area contributed by atoms with E-state index in [0.717, 1.165) is 5.56 Å². The molecule has 1 fully saturated rings. The van der Waals surface area contributed by atoms with E-state index in [1.807, 2.05) is 24.3 Å². The molecule has 0 spiro atoms. The fourth-order valence-corrected chi connectivity index (χ4v) is 4.57. The molecule has 8 heteroatoms. The molecule has 27 heavy (non-hydrogen) atoms. The maximum atomic E-state index is 12.7. The Kier molecular flexibility index (Phi) is 5.80. The molecule has 0 radical (unpaired) electrons. The minimum Gasteiger partial charge on any atom is -0.340 e. The number of nitriles is 1. The molecule has 0 atom stereocenters. The van der Waals surface area contributed by atoms with E-state index >= 15 is 0 Å². The van der Waals surface area contributed by atoms with Gasteiger partial charge in [0.2, 0.25) is 15.9 Å². The van der Waals surface area contributed by atoms with Gasteiger partial charge < -0.3 is 4.90 Å². The second-order valence-corrected chi connectivity index (χ2v) is 8.53. The second kappa shape index (κ2) is 8.09. The van der Waals surface area contributed by atoms with Gasteiger partial charge in [-0.15, -0.1) is 0 Å². The first-order valence-electron chi connectivity index (χ1n) is 8.43. The van der Waals surface area contributed by atoms with Crippen molar-refractivity contribution >= 4 is 27.5 Å². The number of sulfonamides is 1. The predicted molar refractivity (Wildman–Crippen MR) is 102 cm³/mol. The number of carbonyl (C=O) groups excluding carboxylic acids is 1. The molecule has 1 heterocycles. The normalized spacial score (nSPS) is 15.3. The Morgan fingerprint density at radius 2 is 1.67 bits per heavy atom. The van der Waals surface area contributed by atoms with Crippen molar-refractivity contribution in [1.82, 2.24) is 9.21 Å². The van der Waals surface area contributed by atoms with E-state index in [2.05, 4.69) is 0 Å². The zero-order valence-electron chi connectivity index (χ0n) is 14.5. The Balaban J connectivity index is 1.63. The van der Waals surface area contributed by atoms with Crippen molar-refractivity contribution in [2.45, 2.75) is 11.3 Å². The number of hydrogen-bond acceptors (Lipinski definition) is 4. The van der Waals surface area contributed by atoms with E-state index in [4.69, 9.17) is 16.9 Å². The molecular formula is C19H18ClN3O3S.